The second-order valence-electron chi connectivity index (χ2n) is 7.25. The normalized spacial score (nSPS) is 21.7. The molecule has 0 atom stereocenters. The summed E-state index contributed by atoms with van der Waals surface area (Å²) < 4.78 is 27.3. The first-order valence-corrected chi connectivity index (χ1v) is 10.6. The summed E-state index contributed by atoms with van der Waals surface area (Å²) in [5.41, 5.74) is 1.40. The van der Waals surface area contributed by atoms with E-state index in [1.165, 1.54) is 10.4 Å². The lowest BCUT2D eigenvalue weighted by Crippen LogP contribution is -2.51. The summed E-state index contributed by atoms with van der Waals surface area (Å²) in [5.74, 6) is 0.190. The van der Waals surface area contributed by atoms with E-state index in [2.05, 4.69) is 5.32 Å². The van der Waals surface area contributed by atoms with Crippen molar-refractivity contribution in [3.63, 3.8) is 0 Å². The molecule has 0 radical (unpaired) electrons. The fraction of sp³-hybridized carbons (Fsp3) is 0.556. The van der Waals surface area contributed by atoms with E-state index in [4.69, 9.17) is 0 Å². The van der Waals surface area contributed by atoms with Gasteiger partial charge in [0.1, 0.15) is 0 Å². The Balaban J connectivity index is 1.44. The average Bonchev–Trinajstić information content (AvgIpc) is 3.29. The van der Waals surface area contributed by atoms with Gasteiger partial charge < -0.3 is 10.2 Å². The summed E-state index contributed by atoms with van der Waals surface area (Å²) in [4.78, 5) is 26.0. The molecule has 2 heterocycles. The number of nitrogens with zero attached hydrogens (tertiary/aromatic N) is 2. The maximum absolute atomic E-state index is 12.9. The van der Waals surface area contributed by atoms with Crippen LogP contribution in [0.25, 0.3) is 0 Å². The van der Waals surface area contributed by atoms with E-state index in [0.717, 1.165) is 25.7 Å². The third-order valence-corrected chi connectivity index (χ3v) is 7.49. The highest BCUT2D eigenvalue weighted by Gasteiger charge is 2.34. The first-order chi connectivity index (χ1) is 12.4. The molecule has 3 aliphatic rings. The SMILES string of the molecule is O=C1Cc2cc(S(=O)(=O)N3CCN(C(=O)C4CCCC4)CC3)ccc2N1. The minimum atomic E-state index is -3.61. The Kier molecular flexibility index (Phi) is 4.48. The van der Waals surface area contributed by atoms with Gasteiger partial charge in [0.2, 0.25) is 21.8 Å². The van der Waals surface area contributed by atoms with Crippen LogP contribution in [-0.4, -0.2) is 55.6 Å². The van der Waals surface area contributed by atoms with Crippen LogP contribution in [-0.2, 0) is 26.0 Å². The predicted molar refractivity (Wildman–Crippen MR) is 96.1 cm³/mol. The van der Waals surface area contributed by atoms with Crippen molar-refractivity contribution in [1.29, 1.82) is 0 Å². The number of amides is 2. The number of rotatable bonds is 3. The molecule has 8 heteroatoms. The van der Waals surface area contributed by atoms with Crippen LogP contribution in [0, 0.1) is 5.92 Å². The molecular formula is C18H23N3O4S. The van der Waals surface area contributed by atoms with Crippen molar-refractivity contribution >= 4 is 27.5 Å². The number of piperazine rings is 1. The number of hydrogen-bond donors (Lipinski definition) is 1. The van der Waals surface area contributed by atoms with Gasteiger partial charge in [0.15, 0.2) is 0 Å². The zero-order valence-corrected chi connectivity index (χ0v) is 15.4. The molecule has 1 N–H and O–H groups in total. The standard InChI is InChI=1S/C18H23N3O4S/c22-17-12-14-11-15(5-6-16(14)19-17)26(24,25)21-9-7-20(8-10-21)18(23)13-3-1-2-4-13/h5-6,11,13H,1-4,7-10,12H2,(H,19,22). The van der Waals surface area contributed by atoms with Crippen LogP contribution < -0.4 is 5.32 Å². The van der Waals surface area contributed by atoms with Crippen molar-refractivity contribution in [2.24, 2.45) is 5.92 Å². The van der Waals surface area contributed by atoms with Crippen molar-refractivity contribution in [2.75, 3.05) is 31.5 Å². The highest BCUT2D eigenvalue weighted by molar-refractivity contribution is 7.89. The largest absolute Gasteiger partial charge is 0.340 e. The van der Waals surface area contributed by atoms with Crippen molar-refractivity contribution in [1.82, 2.24) is 9.21 Å². The molecule has 4 rings (SSSR count). The highest BCUT2D eigenvalue weighted by Crippen LogP contribution is 2.29. The van der Waals surface area contributed by atoms with Gasteiger partial charge in [0.05, 0.1) is 11.3 Å². The second-order valence-corrected chi connectivity index (χ2v) is 9.19. The summed E-state index contributed by atoms with van der Waals surface area (Å²) in [6.45, 7) is 1.52. The Labute approximate surface area is 153 Å². The third kappa shape index (κ3) is 3.12. The summed E-state index contributed by atoms with van der Waals surface area (Å²) in [5, 5.41) is 2.71. The molecule has 1 aliphatic carbocycles. The summed E-state index contributed by atoms with van der Waals surface area (Å²) >= 11 is 0. The van der Waals surface area contributed by atoms with E-state index < -0.39 is 10.0 Å². The van der Waals surface area contributed by atoms with E-state index in [1.54, 1.807) is 12.1 Å². The quantitative estimate of drug-likeness (QED) is 0.858. The minimum Gasteiger partial charge on any atom is -0.340 e. The van der Waals surface area contributed by atoms with Crippen LogP contribution >= 0.6 is 0 Å². The molecule has 0 bridgehead atoms. The first kappa shape index (κ1) is 17.5. The van der Waals surface area contributed by atoms with Crippen molar-refractivity contribution in [3.05, 3.63) is 23.8 Å². The van der Waals surface area contributed by atoms with E-state index in [0.29, 0.717) is 37.4 Å². The molecule has 2 fully saturated rings. The third-order valence-electron chi connectivity index (χ3n) is 5.59. The minimum absolute atomic E-state index is 0.117. The van der Waals surface area contributed by atoms with Crippen LogP contribution in [0.4, 0.5) is 5.69 Å². The summed E-state index contributed by atoms with van der Waals surface area (Å²) in [7, 11) is -3.61. The Morgan fingerprint density at radius 3 is 2.46 bits per heavy atom. The van der Waals surface area contributed by atoms with Gasteiger partial charge in [-0.15, -0.1) is 0 Å². The molecular weight excluding hydrogens is 354 g/mol. The fourth-order valence-corrected chi connectivity index (χ4v) is 5.57. The zero-order valence-electron chi connectivity index (χ0n) is 14.6. The smallest absolute Gasteiger partial charge is 0.243 e. The summed E-state index contributed by atoms with van der Waals surface area (Å²) in [6.07, 6.45) is 4.35. The molecule has 26 heavy (non-hydrogen) atoms. The van der Waals surface area contributed by atoms with E-state index in [1.807, 2.05) is 4.90 Å². The van der Waals surface area contributed by atoms with Crippen LogP contribution in [0.3, 0.4) is 0 Å². The van der Waals surface area contributed by atoms with Crippen molar-refractivity contribution in [2.45, 2.75) is 37.0 Å². The lowest BCUT2D eigenvalue weighted by Gasteiger charge is -2.35. The molecule has 1 aromatic carbocycles. The van der Waals surface area contributed by atoms with Gasteiger partial charge in [-0.1, -0.05) is 12.8 Å². The van der Waals surface area contributed by atoms with Gasteiger partial charge >= 0.3 is 0 Å². The molecule has 1 saturated carbocycles. The van der Waals surface area contributed by atoms with Gasteiger partial charge in [-0.3, -0.25) is 9.59 Å². The molecule has 2 amide bonds. The topological polar surface area (TPSA) is 86.8 Å². The molecule has 0 unspecified atom stereocenters. The van der Waals surface area contributed by atoms with E-state index in [-0.39, 0.29) is 29.0 Å². The van der Waals surface area contributed by atoms with Crippen LogP contribution in [0.1, 0.15) is 31.2 Å². The lowest BCUT2D eigenvalue weighted by molar-refractivity contribution is -0.136. The number of nitrogens with one attached hydrogen (secondary N) is 1. The van der Waals surface area contributed by atoms with Crippen LogP contribution in [0.5, 0.6) is 0 Å². The second kappa shape index (κ2) is 6.66. The Morgan fingerprint density at radius 2 is 1.77 bits per heavy atom. The lowest BCUT2D eigenvalue weighted by atomic mass is 10.1. The number of hydrogen-bond acceptors (Lipinski definition) is 4. The molecule has 2 aliphatic heterocycles. The Morgan fingerprint density at radius 1 is 1.08 bits per heavy atom. The van der Waals surface area contributed by atoms with Gasteiger partial charge in [-0.05, 0) is 36.6 Å². The molecule has 7 nitrogen and oxygen atoms in total. The molecule has 0 aromatic heterocycles. The van der Waals surface area contributed by atoms with Crippen molar-refractivity contribution in [3.8, 4) is 0 Å². The summed E-state index contributed by atoms with van der Waals surface area (Å²) in [6, 6.07) is 4.77. The number of carbonyl (C=O) groups excluding carboxylic acids is 2. The number of anilines is 1. The first-order valence-electron chi connectivity index (χ1n) is 9.17. The molecule has 1 aromatic rings. The highest BCUT2D eigenvalue weighted by atomic mass is 32.2. The van der Waals surface area contributed by atoms with Gasteiger partial charge in [-0.25, -0.2) is 8.42 Å². The van der Waals surface area contributed by atoms with Crippen molar-refractivity contribution < 1.29 is 18.0 Å². The van der Waals surface area contributed by atoms with Crippen LogP contribution in [0.15, 0.2) is 23.1 Å². The fourth-order valence-electron chi connectivity index (χ4n) is 4.09. The number of fused-ring (bicyclic) bond motifs is 1. The number of carbonyl (C=O) groups is 2. The predicted octanol–water partition coefficient (Wildman–Crippen LogP) is 1.20. The average molecular weight is 377 g/mol. The molecule has 1 saturated heterocycles. The number of sulfonamides is 1. The maximum atomic E-state index is 12.9. The van der Waals surface area contributed by atoms with Gasteiger partial charge in [0.25, 0.3) is 0 Å². The maximum Gasteiger partial charge on any atom is 0.243 e. The van der Waals surface area contributed by atoms with Crippen LogP contribution in [0.2, 0.25) is 0 Å². The van der Waals surface area contributed by atoms with Gasteiger partial charge in [-0.2, -0.15) is 4.31 Å². The molecule has 0 spiro atoms. The van der Waals surface area contributed by atoms with E-state index >= 15 is 0 Å². The van der Waals surface area contributed by atoms with E-state index in [9.17, 15) is 18.0 Å². The zero-order chi connectivity index (χ0) is 18.3. The van der Waals surface area contributed by atoms with Gasteiger partial charge in [0, 0.05) is 37.8 Å². The molecule has 140 valence electrons. The monoisotopic (exact) mass is 377 g/mol. The Bertz CT molecular complexity index is 838. The number of benzene rings is 1. The Hall–Kier alpha value is -1.93.